The zero-order valence-electron chi connectivity index (χ0n) is 7.54. The zero-order valence-corrected chi connectivity index (χ0v) is 8.36. The Hall–Kier alpha value is -0.210. The molecule has 1 rings (SSSR count). The van der Waals surface area contributed by atoms with E-state index >= 15 is 0 Å². The van der Waals surface area contributed by atoms with E-state index in [1.54, 1.807) is 0 Å². The van der Waals surface area contributed by atoms with Crippen LogP contribution in [0.15, 0.2) is 0 Å². The van der Waals surface area contributed by atoms with Crippen molar-refractivity contribution in [3.05, 3.63) is 0 Å². The molecule has 3 N–H and O–H groups in total. The SMILES string of the molecule is CNS(=O)(=O)NCC1COCCN1. The van der Waals surface area contributed by atoms with Crippen LogP contribution in [0.3, 0.4) is 0 Å². The van der Waals surface area contributed by atoms with Gasteiger partial charge in [-0.1, -0.05) is 0 Å². The molecule has 13 heavy (non-hydrogen) atoms. The van der Waals surface area contributed by atoms with Crippen LogP contribution in [0.1, 0.15) is 0 Å². The molecular weight excluding hydrogens is 194 g/mol. The zero-order chi connectivity index (χ0) is 9.73. The Morgan fingerprint density at radius 2 is 2.38 bits per heavy atom. The van der Waals surface area contributed by atoms with Gasteiger partial charge in [-0.15, -0.1) is 0 Å². The summed E-state index contributed by atoms with van der Waals surface area (Å²) in [6, 6.07) is 0.0666. The van der Waals surface area contributed by atoms with Crippen molar-refractivity contribution in [1.29, 1.82) is 0 Å². The molecule has 1 heterocycles. The van der Waals surface area contributed by atoms with Gasteiger partial charge in [-0.05, 0) is 0 Å². The topological polar surface area (TPSA) is 79.5 Å². The molecule has 0 amide bonds. The maximum atomic E-state index is 11.0. The Kier molecular flexibility index (Phi) is 4.07. The van der Waals surface area contributed by atoms with Gasteiger partial charge in [0.15, 0.2) is 0 Å². The largest absolute Gasteiger partial charge is 0.378 e. The summed E-state index contributed by atoms with van der Waals surface area (Å²) in [6.45, 7) is 2.36. The second-order valence-corrected chi connectivity index (χ2v) is 4.49. The molecule has 0 aromatic heterocycles. The minimum absolute atomic E-state index is 0.0666. The van der Waals surface area contributed by atoms with Crippen LogP contribution in [-0.4, -0.2) is 47.8 Å². The minimum atomic E-state index is -3.31. The summed E-state index contributed by atoms with van der Waals surface area (Å²) in [4.78, 5) is 0. The number of hydrogen-bond acceptors (Lipinski definition) is 4. The first-order valence-electron chi connectivity index (χ1n) is 4.13. The molecule has 0 saturated carbocycles. The van der Waals surface area contributed by atoms with Crippen LogP contribution in [0.4, 0.5) is 0 Å². The molecule has 7 heteroatoms. The highest BCUT2D eigenvalue weighted by molar-refractivity contribution is 7.87. The molecule has 0 aliphatic carbocycles. The van der Waals surface area contributed by atoms with E-state index in [1.165, 1.54) is 7.05 Å². The van der Waals surface area contributed by atoms with Crippen molar-refractivity contribution in [2.24, 2.45) is 0 Å². The van der Waals surface area contributed by atoms with Crippen molar-refractivity contribution < 1.29 is 13.2 Å². The molecule has 1 fully saturated rings. The van der Waals surface area contributed by atoms with Crippen LogP contribution >= 0.6 is 0 Å². The third-order valence-corrected chi connectivity index (χ3v) is 2.87. The third kappa shape index (κ3) is 4.01. The first-order chi connectivity index (χ1) is 6.14. The van der Waals surface area contributed by atoms with E-state index in [2.05, 4.69) is 14.8 Å². The van der Waals surface area contributed by atoms with E-state index in [9.17, 15) is 8.42 Å². The van der Waals surface area contributed by atoms with Crippen molar-refractivity contribution in [2.45, 2.75) is 6.04 Å². The second-order valence-electron chi connectivity index (χ2n) is 2.78. The number of morpholine rings is 1. The van der Waals surface area contributed by atoms with Gasteiger partial charge in [0, 0.05) is 26.2 Å². The quantitative estimate of drug-likeness (QED) is 0.502. The van der Waals surface area contributed by atoms with E-state index in [0.717, 1.165) is 6.54 Å². The lowest BCUT2D eigenvalue weighted by Gasteiger charge is -2.23. The lowest BCUT2D eigenvalue weighted by molar-refractivity contribution is 0.0784. The summed E-state index contributed by atoms with van der Waals surface area (Å²) in [7, 11) is -1.95. The molecule has 0 spiro atoms. The van der Waals surface area contributed by atoms with Crippen molar-refractivity contribution in [3.8, 4) is 0 Å². The van der Waals surface area contributed by atoms with Gasteiger partial charge < -0.3 is 10.1 Å². The summed E-state index contributed by atoms with van der Waals surface area (Å²) in [5, 5.41) is 3.14. The maximum Gasteiger partial charge on any atom is 0.276 e. The molecule has 0 bridgehead atoms. The van der Waals surface area contributed by atoms with E-state index in [1.807, 2.05) is 0 Å². The van der Waals surface area contributed by atoms with Crippen molar-refractivity contribution in [1.82, 2.24) is 14.8 Å². The lowest BCUT2D eigenvalue weighted by atomic mass is 10.3. The Labute approximate surface area is 78.2 Å². The van der Waals surface area contributed by atoms with Gasteiger partial charge in [-0.2, -0.15) is 8.42 Å². The lowest BCUT2D eigenvalue weighted by Crippen LogP contribution is -2.49. The van der Waals surface area contributed by atoms with Crippen LogP contribution in [0, 0.1) is 0 Å². The Bertz CT molecular complexity index is 236. The van der Waals surface area contributed by atoms with E-state index in [0.29, 0.717) is 19.8 Å². The average Bonchev–Trinajstić information content (AvgIpc) is 2.17. The summed E-state index contributed by atoms with van der Waals surface area (Å²) >= 11 is 0. The van der Waals surface area contributed by atoms with Gasteiger partial charge >= 0.3 is 0 Å². The molecule has 0 aromatic carbocycles. The monoisotopic (exact) mass is 209 g/mol. The molecule has 1 atom stereocenters. The highest BCUT2D eigenvalue weighted by Gasteiger charge is 2.15. The molecule has 1 aliphatic rings. The molecule has 1 aliphatic heterocycles. The highest BCUT2D eigenvalue weighted by atomic mass is 32.2. The van der Waals surface area contributed by atoms with Crippen molar-refractivity contribution in [3.63, 3.8) is 0 Å². The predicted molar refractivity (Wildman–Crippen MR) is 48.6 cm³/mol. The number of hydrogen-bond donors (Lipinski definition) is 3. The highest BCUT2D eigenvalue weighted by Crippen LogP contribution is 1.91. The first-order valence-corrected chi connectivity index (χ1v) is 5.61. The van der Waals surface area contributed by atoms with Gasteiger partial charge in [-0.3, -0.25) is 0 Å². The fraction of sp³-hybridized carbons (Fsp3) is 1.00. The summed E-state index contributed by atoms with van der Waals surface area (Å²) in [5.74, 6) is 0. The van der Waals surface area contributed by atoms with Gasteiger partial charge in [0.1, 0.15) is 0 Å². The molecule has 6 nitrogen and oxygen atoms in total. The normalized spacial score (nSPS) is 24.5. The molecule has 0 aromatic rings. The molecule has 1 unspecified atom stereocenters. The van der Waals surface area contributed by atoms with Crippen LogP contribution < -0.4 is 14.8 Å². The number of nitrogens with one attached hydrogen (secondary N) is 3. The smallest absolute Gasteiger partial charge is 0.276 e. The van der Waals surface area contributed by atoms with Crippen LogP contribution in [0.2, 0.25) is 0 Å². The van der Waals surface area contributed by atoms with Gasteiger partial charge in [0.05, 0.1) is 13.2 Å². The number of ether oxygens (including phenoxy) is 1. The summed E-state index contributed by atoms with van der Waals surface area (Å²) in [6.07, 6.45) is 0. The third-order valence-electron chi connectivity index (χ3n) is 1.79. The molecule has 0 radical (unpaired) electrons. The minimum Gasteiger partial charge on any atom is -0.378 e. The van der Waals surface area contributed by atoms with Crippen molar-refractivity contribution >= 4 is 10.2 Å². The van der Waals surface area contributed by atoms with Crippen LogP contribution in [0.5, 0.6) is 0 Å². The molecule has 1 saturated heterocycles. The summed E-state index contributed by atoms with van der Waals surface area (Å²) < 4.78 is 31.6. The number of rotatable bonds is 4. The van der Waals surface area contributed by atoms with E-state index in [4.69, 9.17) is 4.74 Å². The molecular formula is C6H15N3O3S. The Balaban J connectivity index is 2.25. The predicted octanol–water partition coefficient (Wildman–Crippen LogP) is -1.97. The van der Waals surface area contributed by atoms with E-state index in [-0.39, 0.29) is 6.04 Å². The second kappa shape index (κ2) is 4.87. The van der Waals surface area contributed by atoms with Crippen LogP contribution in [0.25, 0.3) is 0 Å². The standard InChI is InChI=1S/C6H15N3O3S/c1-7-13(10,11)9-4-6-5-12-3-2-8-6/h6-9H,2-5H2,1H3. The summed E-state index contributed by atoms with van der Waals surface area (Å²) in [5.41, 5.74) is 0. The fourth-order valence-electron chi connectivity index (χ4n) is 1.03. The van der Waals surface area contributed by atoms with Gasteiger partial charge in [0.2, 0.25) is 0 Å². The maximum absolute atomic E-state index is 11.0. The van der Waals surface area contributed by atoms with E-state index < -0.39 is 10.2 Å². The fourth-order valence-corrected chi connectivity index (χ4v) is 1.60. The Morgan fingerprint density at radius 3 is 2.92 bits per heavy atom. The average molecular weight is 209 g/mol. The first kappa shape index (κ1) is 10.9. The van der Waals surface area contributed by atoms with Gasteiger partial charge in [0.25, 0.3) is 10.2 Å². The van der Waals surface area contributed by atoms with Crippen molar-refractivity contribution in [2.75, 3.05) is 33.4 Å². The van der Waals surface area contributed by atoms with Crippen LogP contribution in [-0.2, 0) is 14.9 Å². The Morgan fingerprint density at radius 1 is 1.62 bits per heavy atom. The molecule has 78 valence electrons. The van der Waals surface area contributed by atoms with Gasteiger partial charge in [-0.25, -0.2) is 9.44 Å².